The maximum absolute atomic E-state index is 2.53. The van der Waals surface area contributed by atoms with Gasteiger partial charge in [0.2, 0.25) is 0 Å². The van der Waals surface area contributed by atoms with Crippen LogP contribution in [0.1, 0.15) is 53.4 Å². The molecule has 2 rings (SSSR count). The Labute approximate surface area is 119 Å². The van der Waals surface area contributed by atoms with Crippen molar-refractivity contribution in [2.24, 2.45) is 0 Å². The molecule has 0 N–H and O–H groups in total. The Bertz CT molecular complexity index is 492. The summed E-state index contributed by atoms with van der Waals surface area (Å²) in [6.45, 7) is 9.33. The summed E-state index contributed by atoms with van der Waals surface area (Å²) in [5.41, 5.74) is 3.27. The molecule has 2 aliphatic carbocycles. The van der Waals surface area contributed by atoms with Crippen molar-refractivity contribution in [3.8, 4) is 0 Å². The molecule has 0 fully saturated rings. The van der Waals surface area contributed by atoms with Crippen LogP contribution in [0.3, 0.4) is 0 Å². The second kappa shape index (κ2) is 6.24. The first-order chi connectivity index (χ1) is 8.63. The molecule has 2 aliphatic rings. The summed E-state index contributed by atoms with van der Waals surface area (Å²) in [6, 6.07) is 0. The van der Waals surface area contributed by atoms with Crippen molar-refractivity contribution in [1.29, 1.82) is 0 Å². The molecule has 0 saturated carbocycles. The van der Waals surface area contributed by atoms with Crippen LogP contribution in [0.25, 0.3) is 0 Å². The average Bonchev–Trinajstić information content (AvgIpc) is 2.91. The van der Waals surface area contributed by atoms with Crippen LogP contribution in [0, 0.1) is 0 Å². The van der Waals surface area contributed by atoms with Crippen molar-refractivity contribution in [3.63, 3.8) is 0 Å². The monoisotopic (exact) mass is 318 g/mol. The molecule has 0 spiro atoms. The Morgan fingerprint density at radius 3 is 2.61 bits per heavy atom. The predicted molar refractivity (Wildman–Crippen MR) is 78.5 cm³/mol. The van der Waals surface area contributed by atoms with Crippen molar-refractivity contribution in [1.82, 2.24) is 0 Å². The number of allylic oxidation sites excluding steroid dienone is 8. The van der Waals surface area contributed by atoms with E-state index in [9.17, 15) is 0 Å². The quantitative estimate of drug-likeness (QED) is 0.679. The molecular formula is C17H24Zr. The van der Waals surface area contributed by atoms with Gasteiger partial charge in [0.1, 0.15) is 0 Å². The molecule has 0 bridgehead atoms. The van der Waals surface area contributed by atoms with Gasteiger partial charge in [0.05, 0.1) is 0 Å². The van der Waals surface area contributed by atoms with Gasteiger partial charge in [-0.1, -0.05) is 0 Å². The third-order valence-corrected chi connectivity index (χ3v) is 11.1. The number of rotatable bonds is 4. The summed E-state index contributed by atoms with van der Waals surface area (Å²) in [6.07, 6.45) is 14.6. The molecule has 0 unspecified atom stereocenters. The standard InChI is InChI=1S/C9H13.C5H5.C3H6.Zr/c1-3-5-9-7-4-6-8(9)2;1-2-4-5-3-1;1-3-2;/h6H,3,5,7H2,1-2H3;1-3H,4H2;1-2H3;. The van der Waals surface area contributed by atoms with E-state index in [0.29, 0.717) is 0 Å². The van der Waals surface area contributed by atoms with Crippen LogP contribution in [0.5, 0.6) is 0 Å². The molecule has 0 nitrogen and oxygen atoms in total. The van der Waals surface area contributed by atoms with Gasteiger partial charge in [0.15, 0.2) is 0 Å². The Morgan fingerprint density at radius 1 is 1.28 bits per heavy atom. The molecule has 96 valence electrons. The molecule has 18 heavy (non-hydrogen) atoms. The molecule has 0 atom stereocenters. The maximum atomic E-state index is 2.53. The molecule has 0 aliphatic heterocycles. The van der Waals surface area contributed by atoms with E-state index in [1.54, 1.807) is 17.6 Å². The van der Waals surface area contributed by atoms with Gasteiger partial charge < -0.3 is 0 Å². The van der Waals surface area contributed by atoms with Crippen LogP contribution in [0.15, 0.2) is 42.0 Å². The summed E-state index contributed by atoms with van der Waals surface area (Å²) in [5, 5.41) is 0. The Kier molecular flexibility index (Phi) is 4.90. The Hall–Kier alpha value is -0.287. The fourth-order valence-corrected chi connectivity index (χ4v) is 10.5. The van der Waals surface area contributed by atoms with Gasteiger partial charge in [0.25, 0.3) is 0 Å². The van der Waals surface area contributed by atoms with Gasteiger partial charge in [0, 0.05) is 0 Å². The average molecular weight is 320 g/mol. The Balaban J connectivity index is 2.23. The zero-order chi connectivity index (χ0) is 13.1. The van der Waals surface area contributed by atoms with Crippen molar-refractivity contribution in [2.75, 3.05) is 0 Å². The normalized spacial score (nSPS) is 18.2. The third-order valence-electron chi connectivity index (χ3n) is 3.82. The van der Waals surface area contributed by atoms with E-state index in [4.69, 9.17) is 0 Å². The van der Waals surface area contributed by atoms with E-state index >= 15 is 0 Å². The number of hydrogen-bond acceptors (Lipinski definition) is 0. The predicted octanol–water partition coefficient (Wildman–Crippen LogP) is 5.06. The van der Waals surface area contributed by atoms with Crippen LogP contribution >= 0.6 is 0 Å². The summed E-state index contributed by atoms with van der Waals surface area (Å²) in [5.74, 6) is 0. The molecule has 0 heterocycles. The molecule has 0 aromatic carbocycles. The molecule has 0 amide bonds. The van der Waals surface area contributed by atoms with Gasteiger partial charge in [-0.05, 0) is 0 Å². The molecule has 1 heteroatoms. The molecular weight excluding hydrogens is 295 g/mol. The van der Waals surface area contributed by atoms with E-state index in [2.05, 4.69) is 52.0 Å². The third kappa shape index (κ3) is 2.99. The van der Waals surface area contributed by atoms with Gasteiger partial charge in [-0.25, -0.2) is 0 Å². The van der Waals surface area contributed by atoms with E-state index in [0.717, 1.165) is 0 Å². The molecule has 0 radical (unpaired) electrons. The summed E-state index contributed by atoms with van der Waals surface area (Å²) in [4.78, 5) is 0. The second-order valence-electron chi connectivity index (χ2n) is 5.58. The van der Waals surface area contributed by atoms with Crippen molar-refractivity contribution in [2.45, 2.75) is 53.4 Å². The van der Waals surface area contributed by atoms with Crippen LogP contribution in [0.2, 0.25) is 0 Å². The Morgan fingerprint density at radius 2 is 2.06 bits per heavy atom. The second-order valence-corrected chi connectivity index (χ2v) is 13.0. The SMILES string of the molecule is CCCC1=C(C)C=[C]([Zr]([C]2=CC=CC2)=[C](C)C)C1. The fourth-order valence-electron chi connectivity index (χ4n) is 3.01. The first-order valence-electron chi connectivity index (χ1n) is 7.06. The van der Waals surface area contributed by atoms with Crippen molar-refractivity contribution < 1.29 is 21.3 Å². The molecule has 0 aromatic rings. The topological polar surface area (TPSA) is 0 Å². The summed E-state index contributed by atoms with van der Waals surface area (Å²) >= 11 is -1.63. The molecule has 0 saturated heterocycles. The van der Waals surface area contributed by atoms with E-state index in [1.807, 2.05) is 3.28 Å². The minimum atomic E-state index is -1.63. The molecule has 0 aromatic heterocycles. The van der Waals surface area contributed by atoms with E-state index in [-0.39, 0.29) is 0 Å². The zero-order valence-electron chi connectivity index (χ0n) is 12.1. The van der Waals surface area contributed by atoms with Crippen molar-refractivity contribution >= 4 is 3.21 Å². The van der Waals surface area contributed by atoms with E-state index < -0.39 is 21.3 Å². The first kappa shape index (κ1) is 14.1. The van der Waals surface area contributed by atoms with Gasteiger partial charge in [-0.3, -0.25) is 0 Å². The first-order valence-corrected chi connectivity index (χ1v) is 10.7. The zero-order valence-corrected chi connectivity index (χ0v) is 14.6. The van der Waals surface area contributed by atoms with Crippen LogP contribution in [0.4, 0.5) is 0 Å². The fraction of sp³-hybridized carbons (Fsp3) is 0.471. The summed E-state index contributed by atoms with van der Waals surface area (Å²) in [7, 11) is 0. The van der Waals surface area contributed by atoms with Gasteiger partial charge in [-0.15, -0.1) is 0 Å². The van der Waals surface area contributed by atoms with Crippen LogP contribution < -0.4 is 0 Å². The minimum absolute atomic E-state index is 1.22. The number of hydrogen-bond donors (Lipinski definition) is 0. The van der Waals surface area contributed by atoms with Crippen LogP contribution in [-0.2, 0) is 21.3 Å². The van der Waals surface area contributed by atoms with Gasteiger partial charge in [-0.2, -0.15) is 0 Å². The van der Waals surface area contributed by atoms with E-state index in [1.165, 1.54) is 25.7 Å². The van der Waals surface area contributed by atoms with Crippen molar-refractivity contribution in [3.05, 3.63) is 42.0 Å². The summed E-state index contributed by atoms with van der Waals surface area (Å²) < 4.78 is 5.31. The van der Waals surface area contributed by atoms with Crippen LogP contribution in [-0.4, -0.2) is 3.21 Å². The van der Waals surface area contributed by atoms with Gasteiger partial charge >= 0.3 is 120 Å².